The Hall–Kier alpha value is -3.78. The standard InChI is InChI=1S/C28H29ClN4O8S/c1-42(38,39)32-20-8-4-5-9-22(20)33-25(16-10-12-17(29)13-11-16)24(18-6-2-3-7-19(18)27(33)35)26(34)31-41-15-23-30-21(14-40-23)28(36)37/h2-3,6-7,10-14,20,22,24-25,32H,4-5,8-9,15H2,1H3,(H,31,34)(H,36,37)/t20-,22-,24+,25-/m0/s1. The Bertz CT molecular complexity index is 1590. The predicted octanol–water partition coefficient (Wildman–Crippen LogP) is 3.42. The first-order chi connectivity index (χ1) is 20.0. The average molecular weight is 617 g/mol. The predicted molar refractivity (Wildman–Crippen MR) is 150 cm³/mol. The molecule has 0 bridgehead atoms. The number of halogens is 1. The van der Waals surface area contributed by atoms with Gasteiger partial charge < -0.3 is 14.4 Å². The van der Waals surface area contributed by atoms with Crippen molar-refractivity contribution in [1.29, 1.82) is 0 Å². The van der Waals surface area contributed by atoms with Gasteiger partial charge in [-0.05, 0) is 42.2 Å². The van der Waals surface area contributed by atoms with Crippen LogP contribution in [0.3, 0.4) is 0 Å². The van der Waals surface area contributed by atoms with Crippen molar-refractivity contribution in [2.45, 2.75) is 56.3 Å². The maximum Gasteiger partial charge on any atom is 0.357 e. The second kappa shape index (κ2) is 12.2. The van der Waals surface area contributed by atoms with Gasteiger partial charge in [0, 0.05) is 22.7 Å². The van der Waals surface area contributed by atoms with Crippen LogP contribution in [0.25, 0.3) is 0 Å². The highest BCUT2D eigenvalue weighted by molar-refractivity contribution is 7.88. The number of amides is 2. The minimum absolute atomic E-state index is 0.0558. The highest BCUT2D eigenvalue weighted by Gasteiger charge is 2.49. The minimum atomic E-state index is -3.59. The van der Waals surface area contributed by atoms with E-state index >= 15 is 0 Å². The number of nitrogens with one attached hydrogen (secondary N) is 2. The lowest BCUT2D eigenvalue weighted by molar-refractivity contribution is -0.138. The van der Waals surface area contributed by atoms with Gasteiger partial charge >= 0.3 is 5.97 Å². The number of aromatic carboxylic acids is 1. The highest BCUT2D eigenvalue weighted by atomic mass is 35.5. The summed E-state index contributed by atoms with van der Waals surface area (Å²) in [5, 5.41) is 9.52. The van der Waals surface area contributed by atoms with E-state index in [0.717, 1.165) is 25.4 Å². The Kier molecular flexibility index (Phi) is 8.64. The number of fused-ring (bicyclic) bond motifs is 1. The number of sulfonamides is 1. The van der Waals surface area contributed by atoms with Gasteiger partial charge in [0.1, 0.15) is 6.26 Å². The zero-order chi connectivity index (χ0) is 30.0. The van der Waals surface area contributed by atoms with Crippen molar-refractivity contribution in [3.05, 3.63) is 88.1 Å². The molecule has 2 aliphatic rings. The van der Waals surface area contributed by atoms with Crippen molar-refractivity contribution in [3.8, 4) is 0 Å². The molecule has 2 amide bonds. The van der Waals surface area contributed by atoms with E-state index in [0.29, 0.717) is 34.6 Å². The molecule has 42 heavy (non-hydrogen) atoms. The molecule has 3 N–H and O–H groups in total. The zero-order valence-corrected chi connectivity index (χ0v) is 24.1. The summed E-state index contributed by atoms with van der Waals surface area (Å²) in [5.74, 6) is -3.17. The fraction of sp³-hybridized carbons (Fsp3) is 0.357. The second-order valence-corrected chi connectivity index (χ2v) is 12.5. The number of rotatable bonds is 9. The molecular weight excluding hydrogens is 588 g/mol. The number of carbonyl (C=O) groups is 3. The van der Waals surface area contributed by atoms with Crippen molar-refractivity contribution in [1.82, 2.24) is 20.1 Å². The molecule has 0 saturated heterocycles. The van der Waals surface area contributed by atoms with Crippen LogP contribution in [0.1, 0.15) is 75.5 Å². The number of carboxylic acids is 1. The fourth-order valence-corrected chi connectivity index (χ4v) is 6.73. The van der Waals surface area contributed by atoms with Crippen LogP contribution >= 0.6 is 11.6 Å². The lowest BCUT2D eigenvalue weighted by Gasteiger charge is -2.49. The Morgan fingerprint density at radius 2 is 1.86 bits per heavy atom. The molecular formula is C28H29ClN4O8S. The van der Waals surface area contributed by atoms with Crippen molar-refractivity contribution in [2.75, 3.05) is 6.26 Å². The number of hydrogen-bond donors (Lipinski definition) is 3. The Labute approximate surface area is 247 Å². The van der Waals surface area contributed by atoms with E-state index in [9.17, 15) is 22.8 Å². The normalized spacial score (nSPS) is 22.4. The third-order valence-electron chi connectivity index (χ3n) is 7.46. The molecule has 2 aromatic carbocycles. The maximum absolute atomic E-state index is 14.2. The van der Waals surface area contributed by atoms with Crippen LogP contribution in [0.2, 0.25) is 5.02 Å². The Balaban J connectivity index is 1.54. The van der Waals surface area contributed by atoms with Gasteiger partial charge in [0.05, 0.1) is 18.2 Å². The monoisotopic (exact) mass is 616 g/mol. The SMILES string of the molecule is CS(=O)(=O)N[C@H]1CCCC[C@@H]1N1C(=O)c2ccccc2[C@@H](C(=O)NOCc2nc(C(=O)O)co2)[C@@H]1c1ccc(Cl)cc1. The number of oxazole rings is 1. The van der Waals surface area contributed by atoms with Crippen molar-refractivity contribution >= 4 is 39.4 Å². The van der Waals surface area contributed by atoms with Crippen LogP contribution in [0.5, 0.6) is 0 Å². The first-order valence-corrected chi connectivity index (χ1v) is 15.5. The molecule has 0 radical (unpaired) electrons. The fourth-order valence-electron chi connectivity index (χ4n) is 5.78. The third-order valence-corrected chi connectivity index (χ3v) is 8.44. The van der Waals surface area contributed by atoms with E-state index in [1.807, 2.05) is 0 Å². The lowest BCUT2D eigenvalue weighted by atomic mass is 9.76. The second-order valence-electron chi connectivity index (χ2n) is 10.3. The summed E-state index contributed by atoms with van der Waals surface area (Å²) in [4.78, 5) is 50.0. The minimum Gasteiger partial charge on any atom is -0.476 e. The van der Waals surface area contributed by atoms with Gasteiger partial charge in [-0.25, -0.2) is 28.4 Å². The van der Waals surface area contributed by atoms with Crippen molar-refractivity contribution < 1.29 is 37.2 Å². The molecule has 1 fully saturated rings. The molecule has 1 aliphatic heterocycles. The van der Waals surface area contributed by atoms with Gasteiger partial charge in [0.2, 0.25) is 15.9 Å². The molecule has 0 spiro atoms. The van der Waals surface area contributed by atoms with Crippen molar-refractivity contribution in [3.63, 3.8) is 0 Å². The number of nitrogens with zero attached hydrogens (tertiary/aromatic N) is 2. The molecule has 1 aliphatic carbocycles. The smallest absolute Gasteiger partial charge is 0.357 e. The van der Waals surface area contributed by atoms with Gasteiger partial charge in [-0.3, -0.25) is 14.4 Å². The number of aromatic nitrogens is 1. The van der Waals surface area contributed by atoms with Crippen LogP contribution in [0, 0.1) is 0 Å². The Morgan fingerprint density at radius 1 is 1.14 bits per heavy atom. The quantitative estimate of drug-likeness (QED) is 0.305. The number of carboxylic acid groups (broad SMARTS) is 1. The van der Waals surface area contributed by atoms with E-state index < -0.39 is 45.9 Å². The van der Waals surface area contributed by atoms with Crippen LogP contribution in [0.4, 0.5) is 0 Å². The first-order valence-electron chi connectivity index (χ1n) is 13.3. The van der Waals surface area contributed by atoms with E-state index in [1.54, 1.807) is 53.4 Å². The van der Waals surface area contributed by atoms with Crippen LogP contribution in [0.15, 0.2) is 59.2 Å². The van der Waals surface area contributed by atoms with Gasteiger partial charge in [-0.15, -0.1) is 0 Å². The summed E-state index contributed by atoms with van der Waals surface area (Å²) >= 11 is 6.18. The van der Waals surface area contributed by atoms with Crippen LogP contribution in [-0.4, -0.2) is 59.5 Å². The summed E-state index contributed by atoms with van der Waals surface area (Å²) in [6.07, 6.45) is 4.68. The molecule has 1 aromatic heterocycles. The molecule has 12 nitrogen and oxygen atoms in total. The van der Waals surface area contributed by atoms with Gasteiger partial charge in [-0.2, -0.15) is 0 Å². The highest BCUT2D eigenvalue weighted by Crippen LogP contribution is 2.46. The van der Waals surface area contributed by atoms with E-state index in [4.69, 9.17) is 26.0 Å². The molecule has 1 saturated carbocycles. The molecule has 14 heteroatoms. The first kappa shape index (κ1) is 29.7. The maximum atomic E-state index is 14.2. The largest absolute Gasteiger partial charge is 0.476 e. The molecule has 5 rings (SSSR count). The summed E-state index contributed by atoms with van der Waals surface area (Å²) in [7, 11) is -3.59. The number of benzene rings is 2. The van der Waals surface area contributed by atoms with Gasteiger partial charge in [0.15, 0.2) is 12.3 Å². The molecule has 2 heterocycles. The van der Waals surface area contributed by atoms with E-state index in [-0.39, 0.29) is 24.1 Å². The topological polar surface area (TPSA) is 168 Å². The van der Waals surface area contributed by atoms with Crippen LogP contribution < -0.4 is 10.2 Å². The number of hydrogen-bond acceptors (Lipinski definition) is 8. The zero-order valence-electron chi connectivity index (χ0n) is 22.5. The number of carbonyl (C=O) groups excluding carboxylic acids is 2. The van der Waals surface area contributed by atoms with E-state index in [1.165, 1.54) is 0 Å². The summed E-state index contributed by atoms with van der Waals surface area (Å²) in [6, 6.07) is 11.7. The average Bonchev–Trinajstić information content (AvgIpc) is 3.43. The lowest BCUT2D eigenvalue weighted by Crippen LogP contribution is -2.59. The summed E-state index contributed by atoms with van der Waals surface area (Å²) in [6.45, 7) is -0.343. The molecule has 3 aromatic rings. The third kappa shape index (κ3) is 6.33. The summed E-state index contributed by atoms with van der Waals surface area (Å²) < 4.78 is 32.4. The van der Waals surface area contributed by atoms with Gasteiger partial charge in [-0.1, -0.05) is 54.8 Å². The summed E-state index contributed by atoms with van der Waals surface area (Å²) in [5.41, 5.74) is 3.55. The number of hydroxylamine groups is 1. The van der Waals surface area contributed by atoms with Gasteiger partial charge in [0.25, 0.3) is 11.8 Å². The van der Waals surface area contributed by atoms with Crippen LogP contribution in [-0.2, 0) is 26.3 Å². The van der Waals surface area contributed by atoms with Crippen molar-refractivity contribution in [2.24, 2.45) is 0 Å². The molecule has 4 atom stereocenters. The van der Waals surface area contributed by atoms with E-state index in [2.05, 4.69) is 15.2 Å². The Morgan fingerprint density at radius 3 is 2.55 bits per heavy atom. The molecule has 222 valence electrons. The molecule has 0 unspecified atom stereocenters.